The summed E-state index contributed by atoms with van der Waals surface area (Å²) < 4.78 is 0. The largest absolute Gasteiger partial charge is 0.306 e. The molecule has 2 heteroatoms. The zero-order valence-electron chi connectivity index (χ0n) is 9.96. The lowest BCUT2D eigenvalue weighted by Crippen LogP contribution is -2.31. The molecule has 0 aromatic heterocycles. The average Bonchev–Trinajstić information content (AvgIpc) is 2.77. The van der Waals surface area contributed by atoms with E-state index in [1.165, 1.54) is 19.5 Å². The lowest BCUT2D eigenvalue weighted by Gasteiger charge is -2.25. The monoisotopic (exact) mass is 261 g/mol. The molecule has 0 spiro atoms. The van der Waals surface area contributed by atoms with Crippen LogP contribution in [-0.2, 0) is 0 Å². The fourth-order valence-electron chi connectivity index (χ4n) is 1.97. The molecule has 0 saturated heterocycles. The molecule has 0 amide bonds. The Hall–Kier alpha value is 0.440. The number of nitrogens with zero attached hydrogens (tertiary/aromatic N) is 1. The number of rotatable bonds is 6. The molecule has 84 valence electrons. The Morgan fingerprint density at radius 1 is 1.43 bits per heavy atom. The summed E-state index contributed by atoms with van der Waals surface area (Å²) in [6.45, 7) is 9.55. The van der Waals surface area contributed by atoms with Gasteiger partial charge in [-0.2, -0.15) is 0 Å². The van der Waals surface area contributed by atoms with E-state index < -0.39 is 0 Å². The fraction of sp³-hybridized carbons (Fsp3) is 1.00. The highest BCUT2D eigenvalue weighted by Crippen LogP contribution is 2.38. The Morgan fingerprint density at radius 2 is 2.00 bits per heavy atom. The summed E-state index contributed by atoms with van der Waals surface area (Å²) >= 11 is 3.61. The quantitative estimate of drug-likeness (QED) is 0.664. The molecule has 0 heterocycles. The Balaban J connectivity index is 2.20. The lowest BCUT2D eigenvalue weighted by atomic mass is 9.97. The van der Waals surface area contributed by atoms with E-state index in [4.69, 9.17) is 0 Å². The highest BCUT2D eigenvalue weighted by atomic mass is 79.9. The summed E-state index contributed by atoms with van der Waals surface area (Å²) in [4.78, 5) is 2.51. The first-order valence-corrected chi connectivity index (χ1v) is 6.91. The summed E-state index contributed by atoms with van der Waals surface area (Å²) in [5.41, 5.74) is 0. The second kappa shape index (κ2) is 5.50. The smallest absolute Gasteiger partial charge is 0.00743 e. The molecule has 1 saturated carbocycles. The second-order valence-corrected chi connectivity index (χ2v) is 6.00. The molecule has 0 bridgehead atoms. The molecule has 1 rings (SSSR count). The fourth-order valence-corrected chi connectivity index (χ4v) is 2.92. The predicted octanol–water partition coefficient (Wildman–Crippen LogP) is 3.24. The zero-order chi connectivity index (χ0) is 10.7. The van der Waals surface area contributed by atoms with E-state index in [1.807, 2.05) is 0 Å². The molecule has 14 heavy (non-hydrogen) atoms. The molecule has 1 fully saturated rings. The van der Waals surface area contributed by atoms with Crippen LogP contribution in [0.5, 0.6) is 0 Å². The van der Waals surface area contributed by atoms with Gasteiger partial charge in [0.2, 0.25) is 0 Å². The summed E-state index contributed by atoms with van der Waals surface area (Å²) in [6.07, 6.45) is 1.45. The van der Waals surface area contributed by atoms with Crippen molar-refractivity contribution in [2.75, 3.05) is 25.5 Å². The van der Waals surface area contributed by atoms with Crippen LogP contribution < -0.4 is 0 Å². The van der Waals surface area contributed by atoms with Gasteiger partial charge in [0.1, 0.15) is 0 Å². The maximum Gasteiger partial charge on any atom is 0.00743 e. The van der Waals surface area contributed by atoms with Crippen molar-refractivity contribution in [2.45, 2.75) is 27.2 Å². The summed E-state index contributed by atoms with van der Waals surface area (Å²) in [6, 6.07) is 0. The molecular weight excluding hydrogens is 238 g/mol. The minimum atomic E-state index is 0.786. The van der Waals surface area contributed by atoms with Crippen molar-refractivity contribution < 1.29 is 0 Å². The van der Waals surface area contributed by atoms with Crippen LogP contribution in [0.25, 0.3) is 0 Å². The first kappa shape index (κ1) is 12.5. The predicted molar refractivity (Wildman–Crippen MR) is 66.9 cm³/mol. The Morgan fingerprint density at radius 3 is 2.36 bits per heavy atom. The van der Waals surface area contributed by atoms with Gasteiger partial charge in [-0.3, -0.25) is 0 Å². The number of alkyl halides is 1. The van der Waals surface area contributed by atoms with Gasteiger partial charge in [-0.25, -0.2) is 0 Å². The SMILES string of the molecule is CC(C)C(CBr)CN(C)CC1CC1C. The van der Waals surface area contributed by atoms with Crippen molar-refractivity contribution in [1.82, 2.24) is 4.90 Å². The van der Waals surface area contributed by atoms with Crippen LogP contribution in [0.3, 0.4) is 0 Å². The van der Waals surface area contributed by atoms with Crippen LogP contribution in [0.15, 0.2) is 0 Å². The van der Waals surface area contributed by atoms with Gasteiger partial charge in [-0.15, -0.1) is 0 Å². The third-order valence-corrected chi connectivity index (χ3v) is 4.34. The minimum absolute atomic E-state index is 0.786. The van der Waals surface area contributed by atoms with Crippen molar-refractivity contribution >= 4 is 15.9 Å². The van der Waals surface area contributed by atoms with Gasteiger partial charge in [0.15, 0.2) is 0 Å². The highest BCUT2D eigenvalue weighted by Gasteiger charge is 2.33. The normalized spacial score (nSPS) is 28.5. The van der Waals surface area contributed by atoms with Gasteiger partial charge in [0.05, 0.1) is 0 Å². The molecule has 3 atom stereocenters. The molecule has 1 aliphatic rings. The molecule has 1 nitrogen and oxygen atoms in total. The maximum absolute atomic E-state index is 3.61. The van der Waals surface area contributed by atoms with E-state index in [9.17, 15) is 0 Å². The van der Waals surface area contributed by atoms with E-state index >= 15 is 0 Å². The van der Waals surface area contributed by atoms with Crippen molar-refractivity contribution in [1.29, 1.82) is 0 Å². The second-order valence-electron chi connectivity index (χ2n) is 5.35. The first-order valence-electron chi connectivity index (χ1n) is 5.79. The van der Waals surface area contributed by atoms with E-state index in [-0.39, 0.29) is 0 Å². The first-order chi connectivity index (χ1) is 6.54. The molecule has 0 aromatic carbocycles. The Kier molecular flexibility index (Phi) is 4.92. The van der Waals surface area contributed by atoms with E-state index in [0.717, 1.165) is 29.0 Å². The molecule has 3 unspecified atom stereocenters. The van der Waals surface area contributed by atoms with E-state index in [0.29, 0.717) is 0 Å². The summed E-state index contributed by atoms with van der Waals surface area (Å²) in [5.74, 6) is 3.56. The van der Waals surface area contributed by atoms with Crippen molar-refractivity contribution in [3.8, 4) is 0 Å². The molecule has 0 radical (unpaired) electrons. The maximum atomic E-state index is 3.61. The van der Waals surface area contributed by atoms with Crippen molar-refractivity contribution in [3.63, 3.8) is 0 Å². The lowest BCUT2D eigenvalue weighted by molar-refractivity contribution is 0.243. The molecular formula is C12H24BrN. The minimum Gasteiger partial charge on any atom is -0.306 e. The third kappa shape index (κ3) is 3.90. The van der Waals surface area contributed by atoms with E-state index in [2.05, 4.69) is 48.6 Å². The molecule has 0 N–H and O–H groups in total. The van der Waals surface area contributed by atoms with Crippen LogP contribution in [0, 0.1) is 23.7 Å². The van der Waals surface area contributed by atoms with Gasteiger partial charge in [-0.05, 0) is 37.1 Å². The topological polar surface area (TPSA) is 3.24 Å². The number of hydrogen-bond acceptors (Lipinski definition) is 1. The van der Waals surface area contributed by atoms with Crippen LogP contribution >= 0.6 is 15.9 Å². The van der Waals surface area contributed by atoms with Crippen molar-refractivity contribution in [2.24, 2.45) is 23.7 Å². The number of hydrogen-bond donors (Lipinski definition) is 0. The standard InChI is InChI=1S/C12H24BrN/c1-9(2)12(6-13)8-14(4)7-11-5-10(11)3/h9-12H,5-8H2,1-4H3. The van der Waals surface area contributed by atoms with Gasteiger partial charge >= 0.3 is 0 Å². The van der Waals surface area contributed by atoms with Gasteiger partial charge in [0, 0.05) is 18.4 Å². The molecule has 1 aliphatic carbocycles. The van der Waals surface area contributed by atoms with Crippen LogP contribution in [0.2, 0.25) is 0 Å². The van der Waals surface area contributed by atoms with Crippen LogP contribution in [-0.4, -0.2) is 30.4 Å². The Bertz CT molecular complexity index is 170. The number of halogens is 1. The van der Waals surface area contributed by atoms with Crippen molar-refractivity contribution in [3.05, 3.63) is 0 Å². The van der Waals surface area contributed by atoms with Gasteiger partial charge < -0.3 is 4.90 Å². The third-order valence-electron chi connectivity index (χ3n) is 3.51. The van der Waals surface area contributed by atoms with Crippen LogP contribution in [0.1, 0.15) is 27.2 Å². The zero-order valence-corrected chi connectivity index (χ0v) is 11.5. The highest BCUT2D eigenvalue weighted by molar-refractivity contribution is 9.09. The Labute approximate surface area is 97.4 Å². The van der Waals surface area contributed by atoms with Gasteiger partial charge in [-0.1, -0.05) is 36.7 Å². The summed E-state index contributed by atoms with van der Waals surface area (Å²) in [5, 5.41) is 1.13. The van der Waals surface area contributed by atoms with E-state index in [1.54, 1.807) is 0 Å². The summed E-state index contributed by atoms with van der Waals surface area (Å²) in [7, 11) is 2.27. The molecule has 0 aliphatic heterocycles. The molecule has 0 aromatic rings. The average molecular weight is 262 g/mol. The van der Waals surface area contributed by atoms with Gasteiger partial charge in [0.25, 0.3) is 0 Å². The van der Waals surface area contributed by atoms with Crippen LogP contribution in [0.4, 0.5) is 0 Å².